The number of benzene rings is 1. The molecule has 0 aromatic heterocycles. The van der Waals surface area contributed by atoms with Crippen LogP contribution in [0.25, 0.3) is 0 Å². The molecule has 0 spiro atoms. The van der Waals surface area contributed by atoms with Crippen LogP contribution in [0.1, 0.15) is 37.8 Å². The molecule has 0 amide bonds. The number of ether oxygens (including phenoxy) is 2. The average molecular weight is 292 g/mol. The van der Waals surface area contributed by atoms with E-state index in [-0.39, 0.29) is 0 Å². The summed E-state index contributed by atoms with van der Waals surface area (Å²) >= 11 is 0. The van der Waals surface area contributed by atoms with Crippen LogP contribution in [0.5, 0.6) is 11.5 Å². The standard InChI is InChI=1S/C17H28N2O2/c1-12(19(2)15-7-5-6-14(15)11-18)13-8-9-16(20-3)17(10-13)21-4/h8-10,12,14-15H,5-7,11,18H2,1-4H3. The summed E-state index contributed by atoms with van der Waals surface area (Å²) in [5.41, 5.74) is 7.17. The molecule has 4 nitrogen and oxygen atoms in total. The first-order chi connectivity index (χ1) is 10.1. The third-order valence-electron chi connectivity index (χ3n) is 4.95. The zero-order valence-electron chi connectivity index (χ0n) is 13.6. The molecular formula is C17H28N2O2. The molecule has 2 rings (SSSR count). The fourth-order valence-electron chi connectivity index (χ4n) is 3.46. The zero-order valence-corrected chi connectivity index (χ0v) is 13.6. The van der Waals surface area contributed by atoms with E-state index in [0.29, 0.717) is 18.0 Å². The molecule has 3 unspecified atom stereocenters. The van der Waals surface area contributed by atoms with Gasteiger partial charge in [0.1, 0.15) is 0 Å². The van der Waals surface area contributed by atoms with Crippen molar-refractivity contribution in [3.63, 3.8) is 0 Å². The number of rotatable bonds is 6. The monoisotopic (exact) mass is 292 g/mol. The Balaban J connectivity index is 2.17. The van der Waals surface area contributed by atoms with Crippen molar-refractivity contribution in [1.29, 1.82) is 0 Å². The molecule has 21 heavy (non-hydrogen) atoms. The van der Waals surface area contributed by atoms with Crippen LogP contribution >= 0.6 is 0 Å². The van der Waals surface area contributed by atoms with E-state index < -0.39 is 0 Å². The van der Waals surface area contributed by atoms with Gasteiger partial charge in [-0.15, -0.1) is 0 Å². The summed E-state index contributed by atoms with van der Waals surface area (Å²) in [6.45, 7) is 3.03. The Hall–Kier alpha value is -1.26. The van der Waals surface area contributed by atoms with E-state index in [2.05, 4.69) is 31.0 Å². The van der Waals surface area contributed by atoms with E-state index in [0.717, 1.165) is 18.0 Å². The minimum Gasteiger partial charge on any atom is -0.493 e. The second kappa shape index (κ2) is 7.14. The van der Waals surface area contributed by atoms with Gasteiger partial charge in [0.2, 0.25) is 0 Å². The average Bonchev–Trinajstić information content (AvgIpc) is 3.01. The largest absolute Gasteiger partial charge is 0.493 e. The molecule has 1 aliphatic rings. The van der Waals surface area contributed by atoms with E-state index in [1.165, 1.54) is 24.8 Å². The van der Waals surface area contributed by atoms with E-state index in [1.54, 1.807) is 14.2 Å². The molecular weight excluding hydrogens is 264 g/mol. The molecule has 0 saturated heterocycles. The predicted octanol–water partition coefficient (Wildman–Crippen LogP) is 2.82. The van der Waals surface area contributed by atoms with Crippen LogP contribution in [0, 0.1) is 5.92 Å². The highest BCUT2D eigenvalue weighted by atomic mass is 16.5. The number of hydrogen-bond donors (Lipinski definition) is 1. The third-order valence-corrected chi connectivity index (χ3v) is 4.95. The molecule has 0 bridgehead atoms. The second-order valence-electron chi connectivity index (χ2n) is 5.95. The predicted molar refractivity (Wildman–Crippen MR) is 85.9 cm³/mol. The van der Waals surface area contributed by atoms with E-state index >= 15 is 0 Å². The lowest BCUT2D eigenvalue weighted by Crippen LogP contribution is -2.39. The minimum absolute atomic E-state index is 0.335. The van der Waals surface area contributed by atoms with Crippen LogP contribution in [0.15, 0.2) is 18.2 Å². The zero-order chi connectivity index (χ0) is 15.4. The number of nitrogens with two attached hydrogens (primary N) is 1. The van der Waals surface area contributed by atoms with E-state index in [1.807, 2.05) is 6.07 Å². The fraction of sp³-hybridized carbons (Fsp3) is 0.647. The lowest BCUT2D eigenvalue weighted by Gasteiger charge is -2.34. The van der Waals surface area contributed by atoms with Gasteiger partial charge in [0.25, 0.3) is 0 Å². The van der Waals surface area contributed by atoms with Gasteiger partial charge in [0, 0.05) is 12.1 Å². The summed E-state index contributed by atoms with van der Waals surface area (Å²) in [4.78, 5) is 2.46. The Labute approximate surface area is 128 Å². The smallest absolute Gasteiger partial charge is 0.161 e. The van der Waals surface area contributed by atoms with Crippen molar-refractivity contribution in [2.24, 2.45) is 11.7 Å². The van der Waals surface area contributed by atoms with E-state index in [9.17, 15) is 0 Å². The molecule has 1 fully saturated rings. The molecule has 1 aromatic carbocycles. The van der Waals surface area contributed by atoms with Crippen molar-refractivity contribution < 1.29 is 9.47 Å². The van der Waals surface area contributed by atoms with Crippen LogP contribution in [-0.2, 0) is 0 Å². The van der Waals surface area contributed by atoms with Crippen molar-refractivity contribution in [1.82, 2.24) is 4.90 Å². The lowest BCUT2D eigenvalue weighted by atomic mass is 9.98. The lowest BCUT2D eigenvalue weighted by molar-refractivity contribution is 0.152. The van der Waals surface area contributed by atoms with Crippen LogP contribution in [0.4, 0.5) is 0 Å². The highest BCUT2D eigenvalue weighted by molar-refractivity contribution is 5.43. The molecule has 1 aromatic rings. The van der Waals surface area contributed by atoms with Gasteiger partial charge in [0.05, 0.1) is 14.2 Å². The Bertz CT molecular complexity index is 464. The van der Waals surface area contributed by atoms with Gasteiger partial charge in [0.15, 0.2) is 11.5 Å². The van der Waals surface area contributed by atoms with Gasteiger partial charge < -0.3 is 15.2 Å². The molecule has 118 valence electrons. The van der Waals surface area contributed by atoms with E-state index in [4.69, 9.17) is 15.2 Å². The van der Waals surface area contributed by atoms with Gasteiger partial charge in [-0.2, -0.15) is 0 Å². The first-order valence-electron chi connectivity index (χ1n) is 7.76. The molecule has 0 heterocycles. The van der Waals surface area contributed by atoms with Gasteiger partial charge >= 0.3 is 0 Å². The summed E-state index contributed by atoms with van der Waals surface area (Å²) in [7, 11) is 5.55. The summed E-state index contributed by atoms with van der Waals surface area (Å²) in [5, 5.41) is 0. The van der Waals surface area contributed by atoms with Crippen molar-refractivity contribution >= 4 is 0 Å². The second-order valence-corrected chi connectivity index (χ2v) is 5.95. The molecule has 0 radical (unpaired) electrons. The van der Waals surface area contributed by atoms with Gasteiger partial charge in [-0.25, -0.2) is 0 Å². The van der Waals surface area contributed by atoms with Gasteiger partial charge in [-0.05, 0) is 57.0 Å². The normalized spacial score (nSPS) is 23.3. The van der Waals surface area contributed by atoms with Crippen molar-refractivity contribution in [3.8, 4) is 11.5 Å². The third kappa shape index (κ3) is 3.33. The van der Waals surface area contributed by atoms with Gasteiger partial charge in [-0.3, -0.25) is 4.90 Å². The van der Waals surface area contributed by atoms with Crippen molar-refractivity contribution in [3.05, 3.63) is 23.8 Å². The summed E-state index contributed by atoms with van der Waals surface area (Å²) < 4.78 is 10.7. The minimum atomic E-state index is 0.335. The Morgan fingerprint density at radius 1 is 1.24 bits per heavy atom. The Morgan fingerprint density at radius 3 is 2.57 bits per heavy atom. The molecule has 2 N–H and O–H groups in total. The molecule has 3 atom stereocenters. The van der Waals surface area contributed by atoms with Crippen LogP contribution in [0.2, 0.25) is 0 Å². The molecule has 1 aliphatic carbocycles. The fourth-order valence-corrected chi connectivity index (χ4v) is 3.46. The van der Waals surface area contributed by atoms with Crippen LogP contribution in [-0.4, -0.2) is 38.8 Å². The van der Waals surface area contributed by atoms with Crippen molar-refractivity contribution in [2.75, 3.05) is 27.8 Å². The quantitative estimate of drug-likeness (QED) is 0.876. The summed E-state index contributed by atoms with van der Waals surface area (Å²) in [5.74, 6) is 2.19. The Morgan fingerprint density at radius 2 is 1.95 bits per heavy atom. The number of hydrogen-bond acceptors (Lipinski definition) is 4. The van der Waals surface area contributed by atoms with Crippen LogP contribution in [0.3, 0.4) is 0 Å². The maximum atomic E-state index is 5.92. The first kappa shape index (κ1) is 16.1. The van der Waals surface area contributed by atoms with Crippen molar-refractivity contribution in [2.45, 2.75) is 38.3 Å². The Kier molecular flexibility index (Phi) is 5.48. The number of methoxy groups -OCH3 is 2. The highest BCUT2D eigenvalue weighted by Gasteiger charge is 2.31. The highest BCUT2D eigenvalue weighted by Crippen LogP contribution is 2.36. The molecule has 0 aliphatic heterocycles. The van der Waals surface area contributed by atoms with Gasteiger partial charge in [-0.1, -0.05) is 12.5 Å². The SMILES string of the molecule is COc1ccc(C(C)N(C)C2CCCC2CN)cc1OC. The first-order valence-corrected chi connectivity index (χ1v) is 7.76. The maximum absolute atomic E-state index is 5.92. The summed E-state index contributed by atoms with van der Waals surface area (Å²) in [6.07, 6.45) is 3.79. The molecule has 1 saturated carbocycles. The maximum Gasteiger partial charge on any atom is 0.161 e. The topological polar surface area (TPSA) is 47.7 Å². The molecule has 4 heteroatoms. The van der Waals surface area contributed by atoms with Crippen LogP contribution < -0.4 is 15.2 Å². The summed E-state index contributed by atoms with van der Waals surface area (Å²) in [6, 6.07) is 7.09. The number of nitrogens with zero attached hydrogens (tertiary/aromatic N) is 1.